The van der Waals surface area contributed by atoms with Gasteiger partial charge in [-0.15, -0.1) is 0 Å². The smallest absolute Gasteiger partial charge is 0.257 e. The molecule has 0 radical (unpaired) electrons. The van der Waals surface area contributed by atoms with Gasteiger partial charge in [0.1, 0.15) is 29.9 Å². The zero-order valence-corrected chi connectivity index (χ0v) is 16.0. The van der Waals surface area contributed by atoms with Crippen molar-refractivity contribution in [1.29, 1.82) is 0 Å². The Morgan fingerprint density at radius 2 is 1.89 bits per heavy atom. The number of carbonyl (C=O) groups excluding carboxylic acids is 2. The van der Waals surface area contributed by atoms with E-state index in [4.69, 9.17) is 9.47 Å². The van der Waals surface area contributed by atoms with Crippen LogP contribution in [0.15, 0.2) is 18.2 Å². The minimum Gasteiger partial charge on any atom is -0.350 e. The van der Waals surface area contributed by atoms with E-state index in [0.717, 1.165) is 12.1 Å². The summed E-state index contributed by atoms with van der Waals surface area (Å²) in [6.45, 7) is 8.99. The Morgan fingerprint density at radius 1 is 1.22 bits per heavy atom. The van der Waals surface area contributed by atoms with E-state index in [1.165, 1.54) is 4.90 Å². The van der Waals surface area contributed by atoms with Gasteiger partial charge in [-0.25, -0.2) is 8.78 Å². The molecule has 0 saturated carbocycles. The first kappa shape index (κ1) is 19.7. The summed E-state index contributed by atoms with van der Waals surface area (Å²) in [7, 11) is 0. The predicted octanol–water partition coefficient (Wildman–Crippen LogP) is 2.22. The number of hydrogen-bond acceptors (Lipinski definition) is 4. The largest absolute Gasteiger partial charge is 0.350 e. The van der Waals surface area contributed by atoms with E-state index in [1.807, 2.05) is 20.8 Å². The highest BCUT2D eigenvalue weighted by Gasteiger charge is 2.56. The molecule has 2 heterocycles. The summed E-state index contributed by atoms with van der Waals surface area (Å²) in [6, 6.07) is 1.75. The number of rotatable bonds is 2. The summed E-state index contributed by atoms with van der Waals surface area (Å²) >= 11 is 0. The Bertz CT molecular complexity index is 775. The van der Waals surface area contributed by atoms with Gasteiger partial charge in [-0.05, 0) is 46.8 Å². The van der Waals surface area contributed by atoms with E-state index < -0.39 is 53.0 Å². The van der Waals surface area contributed by atoms with Crippen molar-refractivity contribution in [2.45, 2.75) is 64.2 Å². The minimum atomic E-state index is -0.979. The van der Waals surface area contributed by atoms with E-state index >= 15 is 0 Å². The zero-order chi connectivity index (χ0) is 20.1. The van der Waals surface area contributed by atoms with Crippen molar-refractivity contribution in [3.63, 3.8) is 0 Å². The molecule has 6 nitrogen and oxygen atoms in total. The minimum absolute atomic E-state index is 0.0754. The van der Waals surface area contributed by atoms with Crippen molar-refractivity contribution < 1.29 is 27.8 Å². The van der Waals surface area contributed by atoms with Gasteiger partial charge in [0.15, 0.2) is 5.79 Å². The van der Waals surface area contributed by atoms with Gasteiger partial charge in [-0.3, -0.25) is 9.59 Å². The number of likely N-dealkylation sites (tertiary alicyclic amines) is 1. The van der Waals surface area contributed by atoms with Crippen LogP contribution in [0.5, 0.6) is 0 Å². The van der Waals surface area contributed by atoms with Gasteiger partial charge in [-0.2, -0.15) is 0 Å². The Morgan fingerprint density at radius 3 is 2.48 bits per heavy atom. The first-order chi connectivity index (χ1) is 12.4. The molecule has 0 spiro atoms. The molecular weight excluding hydrogens is 358 g/mol. The highest BCUT2D eigenvalue weighted by molar-refractivity contribution is 5.98. The molecule has 8 heteroatoms. The molecule has 3 atom stereocenters. The van der Waals surface area contributed by atoms with Gasteiger partial charge in [0, 0.05) is 11.6 Å². The highest BCUT2D eigenvalue weighted by Crippen LogP contribution is 2.37. The fourth-order valence-electron chi connectivity index (χ4n) is 3.52. The van der Waals surface area contributed by atoms with Crippen LogP contribution in [-0.2, 0) is 14.3 Å². The summed E-state index contributed by atoms with van der Waals surface area (Å²) < 4.78 is 39.0. The molecule has 27 heavy (non-hydrogen) atoms. The Hall–Kier alpha value is -2.06. The molecule has 3 rings (SSSR count). The fraction of sp³-hybridized carbons (Fsp3) is 0.579. The second-order valence-electron chi connectivity index (χ2n) is 8.40. The van der Waals surface area contributed by atoms with Crippen molar-refractivity contribution in [1.82, 2.24) is 10.2 Å². The number of carbonyl (C=O) groups is 2. The number of fused-ring (bicyclic) bond motifs is 1. The molecule has 2 fully saturated rings. The van der Waals surface area contributed by atoms with Crippen LogP contribution >= 0.6 is 0 Å². The topological polar surface area (TPSA) is 67.9 Å². The SMILES string of the molecule is CC(C)(C)NC(=O)[C@@H]1[C@H]2OC(C)(C)O[C@H]2CN1C(=O)c1ccc(F)cc1F. The second-order valence-corrected chi connectivity index (χ2v) is 8.40. The predicted molar refractivity (Wildman–Crippen MR) is 92.9 cm³/mol. The zero-order valence-electron chi connectivity index (χ0n) is 16.0. The molecule has 1 aromatic carbocycles. The molecule has 0 bridgehead atoms. The van der Waals surface area contributed by atoms with Gasteiger partial charge >= 0.3 is 0 Å². The molecule has 0 aromatic heterocycles. The lowest BCUT2D eigenvalue weighted by Crippen LogP contribution is -2.55. The lowest BCUT2D eigenvalue weighted by atomic mass is 10.0. The van der Waals surface area contributed by atoms with Crippen LogP contribution in [0.2, 0.25) is 0 Å². The van der Waals surface area contributed by atoms with E-state index in [2.05, 4.69) is 5.32 Å². The lowest BCUT2D eigenvalue weighted by Gasteiger charge is -2.31. The summed E-state index contributed by atoms with van der Waals surface area (Å²) in [5.41, 5.74) is -0.829. The quantitative estimate of drug-likeness (QED) is 0.852. The first-order valence-electron chi connectivity index (χ1n) is 8.82. The summed E-state index contributed by atoms with van der Waals surface area (Å²) in [5, 5.41) is 2.84. The third-order valence-corrected chi connectivity index (χ3v) is 4.43. The first-order valence-corrected chi connectivity index (χ1v) is 8.82. The van der Waals surface area contributed by atoms with Crippen LogP contribution in [0.4, 0.5) is 8.78 Å². The summed E-state index contributed by atoms with van der Waals surface area (Å²) in [6.07, 6.45) is -1.18. The molecule has 2 aliphatic rings. The molecule has 148 valence electrons. The highest BCUT2D eigenvalue weighted by atomic mass is 19.1. The van der Waals surface area contributed by atoms with Crippen molar-refractivity contribution in [3.05, 3.63) is 35.4 Å². The average Bonchev–Trinajstić information content (AvgIpc) is 2.96. The van der Waals surface area contributed by atoms with Gasteiger partial charge in [-0.1, -0.05) is 0 Å². The van der Waals surface area contributed by atoms with Crippen LogP contribution in [0.1, 0.15) is 45.0 Å². The Kier molecular flexibility index (Phi) is 4.76. The maximum atomic E-state index is 14.1. The molecule has 0 aliphatic carbocycles. The van der Waals surface area contributed by atoms with Crippen LogP contribution in [0, 0.1) is 11.6 Å². The molecule has 2 amide bonds. The van der Waals surface area contributed by atoms with Crippen molar-refractivity contribution in [2.24, 2.45) is 0 Å². The molecule has 2 saturated heterocycles. The maximum Gasteiger partial charge on any atom is 0.257 e. The van der Waals surface area contributed by atoms with E-state index in [0.29, 0.717) is 6.07 Å². The number of hydrogen-bond donors (Lipinski definition) is 1. The number of benzene rings is 1. The number of ether oxygens (including phenoxy) is 2. The Balaban J connectivity index is 1.93. The maximum absolute atomic E-state index is 14.1. The van der Waals surface area contributed by atoms with Crippen molar-refractivity contribution in [3.8, 4) is 0 Å². The lowest BCUT2D eigenvalue weighted by molar-refractivity contribution is -0.162. The third-order valence-electron chi connectivity index (χ3n) is 4.43. The Labute approximate surface area is 156 Å². The standard InChI is InChI=1S/C19H24F2N2O4/c1-18(2,3)22-16(24)14-15-13(26-19(4,5)27-15)9-23(14)17(25)11-7-6-10(20)8-12(11)21/h6-8,13-15H,9H2,1-5H3,(H,22,24)/t13-,14-,15-/m0/s1. The van der Waals surface area contributed by atoms with Crippen LogP contribution in [-0.4, -0.2) is 52.8 Å². The third kappa shape index (κ3) is 3.96. The number of nitrogens with one attached hydrogen (secondary N) is 1. The normalized spacial score (nSPS) is 26.8. The molecule has 1 N–H and O–H groups in total. The van der Waals surface area contributed by atoms with Crippen molar-refractivity contribution in [2.75, 3.05) is 6.54 Å². The van der Waals surface area contributed by atoms with E-state index in [9.17, 15) is 18.4 Å². The van der Waals surface area contributed by atoms with Gasteiger partial charge in [0.2, 0.25) is 5.91 Å². The summed E-state index contributed by atoms with van der Waals surface area (Å²) in [4.78, 5) is 27.1. The van der Waals surface area contributed by atoms with E-state index in [-0.39, 0.29) is 12.1 Å². The molecule has 2 aliphatic heterocycles. The van der Waals surface area contributed by atoms with Crippen molar-refractivity contribution >= 4 is 11.8 Å². The van der Waals surface area contributed by atoms with Gasteiger partial charge < -0.3 is 19.7 Å². The molecule has 1 aromatic rings. The summed E-state index contributed by atoms with van der Waals surface area (Å²) in [5.74, 6) is -3.76. The van der Waals surface area contributed by atoms with Gasteiger partial charge in [0.05, 0.1) is 12.1 Å². The molecule has 0 unspecified atom stereocenters. The van der Waals surface area contributed by atoms with Crippen LogP contribution in [0.3, 0.4) is 0 Å². The molecular formula is C19H24F2N2O4. The fourth-order valence-corrected chi connectivity index (χ4v) is 3.52. The second kappa shape index (κ2) is 6.53. The van der Waals surface area contributed by atoms with Crippen LogP contribution < -0.4 is 5.32 Å². The monoisotopic (exact) mass is 382 g/mol. The number of halogens is 2. The van der Waals surface area contributed by atoms with Crippen LogP contribution in [0.25, 0.3) is 0 Å². The van der Waals surface area contributed by atoms with E-state index in [1.54, 1.807) is 13.8 Å². The number of amides is 2. The number of nitrogens with zero attached hydrogens (tertiary/aromatic N) is 1. The van der Waals surface area contributed by atoms with Gasteiger partial charge in [0.25, 0.3) is 5.91 Å². The average molecular weight is 382 g/mol.